The van der Waals surface area contributed by atoms with Gasteiger partial charge >= 0.3 is 0 Å². The van der Waals surface area contributed by atoms with Gasteiger partial charge in [0, 0.05) is 37.3 Å². The lowest BCUT2D eigenvalue weighted by molar-refractivity contribution is 0.163. The molecule has 0 heterocycles. The molecule has 5 atom stereocenters. The van der Waals surface area contributed by atoms with Crippen molar-refractivity contribution in [2.75, 3.05) is 25.4 Å². The number of phenols is 4. The molecule has 13 heteroatoms. The highest BCUT2D eigenvalue weighted by molar-refractivity contribution is 6.38. The number of aliphatic hydroxyl groups is 3. The van der Waals surface area contributed by atoms with Crippen LogP contribution in [0.2, 0.25) is 10.0 Å². The van der Waals surface area contributed by atoms with Crippen LogP contribution in [0.25, 0.3) is 0 Å². The molecule has 0 fully saturated rings. The van der Waals surface area contributed by atoms with E-state index < -0.39 is 18.3 Å². The second-order valence-electron chi connectivity index (χ2n) is 16.3. The zero-order valence-electron chi connectivity index (χ0n) is 35.7. The Bertz CT molecular complexity index is 1870. The summed E-state index contributed by atoms with van der Waals surface area (Å²) in [6.45, 7) is 11.6. The molecule has 0 aliphatic carbocycles. The van der Waals surface area contributed by atoms with E-state index in [0.29, 0.717) is 40.9 Å². The second-order valence-corrected chi connectivity index (χ2v) is 17.1. The highest BCUT2D eigenvalue weighted by Gasteiger charge is 2.16. The van der Waals surface area contributed by atoms with Gasteiger partial charge in [0.25, 0.3) is 0 Å². The van der Waals surface area contributed by atoms with Crippen molar-refractivity contribution in [3.63, 3.8) is 0 Å². The van der Waals surface area contributed by atoms with Gasteiger partial charge in [0.2, 0.25) is 0 Å². The van der Waals surface area contributed by atoms with E-state index in [1.54, 1.807) is 84.9 Å². The number of anilines is 1. The smallest absolute Gasteiger partial charge is 0.115 e. The summed E-state index contributed by atoms with van der Waals surface area (Å²) in [7, 11) is 0. The molecule has 0 aliphatic rings. The molecule has 5 aromatic carbocycles. The van der Waals surface area contributed by atoms with E-state index in [0.717, 1.165) is 36.8 Å². The van der Waals surface area contributed by atoms with E-state index in [1.807, 2.05) is 45.0 Å². The van der Waals surface area contributed by atoms with Gasteiger partial charge in [0.05, 0.1) is 34.0 Å². The highest BCUT2D eigenvalue weighted by Crippen LogP contribution is 2.31. The number of aliphatic hydroxyl groups excluding tert-OH is 3. The van der Waals surface area contributed by atoms with Crippen molar-refractivity contribution in [1.29, 1.82) is 0 Å². The van der Waals surface area contributed by atoms with Crippen LogP contribution in [0.1, 0.15) is 93.6 Å². The average Bonchev–Trinajstić information content (AvgIpc) is 3.23. The van der Waals surface area contributed by atoms with Crippen LogP contribution in [0.4, 0.5) is 5.69 Å². The topological polar surface area (TPSA) is 204 Å². The van der Waals surface area contributed by atoms with E-state index in [1.165, 1.54) is 11.1 Å². The van der Waals surface area contributed by atoms with Gasteiger partial charge < -0.3 is 57.4 Å². The van der Waals surface area contributed by atoms with Crippen LogP contribution in [0, 0.1) is 0 Å². The molecule has 0 spiro atoms. The number of hydrogen-bond donors (Lipinski definition) is 11. The summed E-state index contributed by atoms with van der Waals surface area (Å²) in [6, 6.07) is 31.5. The van der Waals surface area contributed by atoms with Gasteiger partial charge in [0.15, 0.2) is 0 Å². The molecule has 0 amide bonds. The standard InChI is InChI=1S/2C18H23NO3.C12H18Cl2N2O/c2*1-13(2-3-14-4-8-16(20)9-5-14)19-12-18(22)15-6-10-17(21)11-7-15;1-12(2,3)16-6-10(17)7-4-8(13)11(15)9(14)5-7/h2*4-11,13,18-22H,2-3,12H2,1H3;4-5,10,16-17H,6,15H2,1-3H3. The third kappa shape index (κ3) is 19.8. The van der Waals surface area contributed by atoms with Crippen LogP contribution in [0.5, 0.6) is 23.0 Å². The Morgan fingerprint density at radius 1 is 0.508 bits per heavy atom. The fourth-order valence-electron chi connectivity index (χ4n) is 5.87. The molecule has 5 rings (SSSR count). The van der Waals surface area contributed by atoms with Crippen molar-refractivity contribution in [2.24, 2.45) is 0 Å². The van der Waals surface area contributed by atoms with Crippen LogP contribution in [-0.4, -0.2) is 73.0 Å². The number of hydrogen-bond acceptors (Lipinski definition) is 11. The van der Waals surface area contributed by atoms with Gasteiger partial charge in [-0.3, -0.25) is 0 Å². The Hall–Kier alpha value is -4.56. The third-order valence-electron chi connectivity index (χ3n) is 9.79. The maximum absolute atomic E-state index is 10.1. The first-order valence-electron chi connectivity index (χ1n) is 20.4. The van der Waals surface area contributed by atoms with Crippen LogP contribution >= 0.6 is 23.2 Å². The van der Waals surface area contributed by atoms with Gasteiger partial charge in [-0.2, -0.15) is 0 Å². The summed E-state index contributed by atoms with van der Waals surface area (Å²) in [5.41, 5.74) is 10.5. The second kappa shape index (κ2) is 25.4. The van der Waals surface area contributed by atoms with Crippen LogP contribution < -0.4 is 21.7 Å². The molecule has 5 aromatic rings. The molecular weight excluding hydrogens is 815 g/mol. The lowest BCUT2D eigenvalue weighted by Gasteiger charge is -2.23. The zero-order valence-corrected chi connectivity index (χ0v) is 37.2. The summed E-state index contributed by atoms with van der Waals surface area (Å²) in [6.07, 6.45) is 1.91. The van der Waals surface area contributed by atoms with Gasteiger partial charge in [-0.15, -0.1) is 0 Å². The fourth-order valence-corrected chi connectivity index (χ4v) is 6.37. The SMILES string of the molecule is CC(C)(C)NCC(O)c1cc(Cl)c(N)c(Cl)c1.CC(CCc1ccc(O)cc1)NCC(O)c1ccc(O)cc1.CC(CCc1ccc(O)cc1)NCC(O)c1ccc(O)cc1. The van der Waals surface area contributed by atoms with Crippen molar-refractivity contribution in [3.8, 4) is 23.0 Å². The molecule has 12 N–H and O–H groups in total. The number of β-amino-alcohol motifs (C(OH)–C–C–N with tert-alkyl or cyclic N) is 1. The lowest BCUT2D eigenvalue weighted by atomic mass is 10.1. The largest absolute Gasteiger partial charge is 0.508 e. The van der Waals surface area contributed by atoms with Gasteiger partial charge in [-0.1, -0.05) is 71.7 Å². The van der Waals surface area contributed by atoms with Crippen molar-refractivity contribution in [2.45, 2.75) is 96.2 Å². The zero-order chi connectivity index (χ0) is 45.1. The van der Waals surface area contributed by atoms with Crippen molar-refractivity contribution in [3.05, 3.63) is 147 Å². The lowest BCUT2D eigenvalue weighted by Crippen LogP contribution is -2.38. The number of rotatable bonds is 17. The summed E-state index contributed by atoms with van der Waals surface area (Å²) in [5, 5.41) is 77.8. The molecule has 0 bridgehead atoms. The maximum atomic E-state index is 10.1. The van der Waals surface area contributed by atoms with Gasteiger partial charge in [-0.25, -0.2) is 0 Å². The van der Waals surface area contributed by atoms with Crippen LogP contribution in [-0.2, 0) is 12.8 Å². The predicted octanol–water partition coefficient (Wildman–Crippen LogP) is 8.48. The van der Waals surface area contributed by atoms with Crippen molar-refractivity contribution >= 4 is 28.9 Å². The predicted molar refractivity (Wildman–Crippen MR) is 248 cm³/mol. The third-order valence-corrected chi connectivity index (χ3v) is 10.4. The number of halogens is 2. The maximum Gasteiger partial charge on any atom is 0.115 e. The number of aryl methyl sites for hydroxylation is 2. The van der Waals surface area contributed by atoms with E-state index in [-0.39, 0.29) is 40.6 Å². The molecule has 0 saturated heterocycles. The molecule has 332 valence electrons. The van der Waals surface area contributed by atoms with Crippen LogP contribution in [0.15, 0.2) is 109 Å². The monoisotopic (exact) mass is 878 g/mol. The average molecular weight is 880 g/mol. The number of nitrogens with one attached hydrogen (secondary N) is 3. The summed E-state index contributed by atoms with van der Waals surface area (Å²) >= 11 is 11.8. The minimum Gasteiger partial charge on any atom is -0.508 e. The van der Waals surface area contributed by atoms with Crippen LogP contribution in [0.3, 0.4) is 0 Å². The molecule has 11 nitrogen and oxygen atoms in total. The molecule has 0 radical (unpaired) electrons. The van der Waals surface area contributed by atoms with Crippen molar-refractivity contribution in [1.82, 2.24) is 16.0 Å². The quantitative estimate of drug-likeness (QED) is 0.0400. The molecule has 5 unspecified atom stereocenters. The first-order valence-corrected chi connectivity index (χ1v) is 21.2. The Morgan fingerprint density at radius 2 is 0.820 bits per heavy atom. The first kappa shape index (κ1) is 50.8. The number of phenolic OH excluding ortho intramolecular Hbond substituents is 4. The Morgan fingerprint density at radius 3 is 1.15 bits per heavy atom. The number of nitrogen functional groups attached to an aromatic ring is 1. The minimum atomic E-state index is -0.662. The molecule has 0 aliphatic heterocycles. The van der Waals surface area contributed by atoms with E-state index >= 15 is 0 Å². The summed E-state index contributed by atoms with van der Waals surface area (Å²) in [5.74, 6) is 0.969. The Labute approximate surface area is 370 Å². The molecular formula is C48H64Cl2N4O7. The normalized spacial score (nSPS) is 13.7. The summed E-state index contributed by atoms with van der Waals surface area (Å²) < 4.78 is 0. The minimum absolute atomic E-state index is 0.0532. The highest BCUT2D eigenvalue weighted by atomic mass is 35.5. The van der Waals surface area contributed by atoms with Gasteiger partial charge in [-0.05, 0) is 149 Å². The molecule has 61 heavy (non-hydrogen) atoms. The van der Waals surface area contributed by atoms with Gasteiger partial charge in [0.1, 0.15) is 23.0 Å². The number of benzene rings is 5. The first-order chi connectivity index (χ1) is 28.8. The molecule has 0 saturated carbocycles. The number of aromatic hydroxyl groups is 4. The summed E-state index contributed by atoms with van der Waals surface area (Å²) in [4.78, 5) is 0. The van der Waals surface area contributed by atoms with E-state index in [2.05, 4.69) is 29.8 Å². The Balaban J connectivity index is 0.000000247. The van der Waals surface area contributed by atoms with Crippen molar-refractivity contribution < 1.29 is 35.7 Å². The fraction of sp³-hybridized carbons (Fsp3) is 0.375. The van der Waals surface area contributed by atoms with E-state index in [9.17, 15) is 35.7 Å². The van der Waals surface area contributed by atoms with E-state index in [4.69, 9.17) is 28.9 Å². The Kier molecular flexibility index (Phi) is 21.1. The molecule has 0 aromatic heterocycles. The number of nitrogens with two attached hydrogens (primary N) is 1.